The van der Waals surface area contributed by atoms with Crippen molar-refractivity contribution in [1.82, 2.24) is 20.2 Å². The van der Waals surface area contributed by atoms with Crippen molar-refractivity contribution in [3.05, 3.63) is 46.5 Å². The first-order chi connectivity index (χ1) is 9.45. The fourth-order valence-corrected chi connectivity index (χ4v) is 1.93. The van der Waals surface area contributed by atoms with Gasteiger partial charge in [0.05, 0.1) is 16.8 Å². The van der Waals surface area contributed by atoms with Gasteiger partial charge in [-0.05, 0) is 18.2 Å². The summed E-state index contributed by atoms with van der Waals surface area (Å²) in [5, 5.41) is 6.77. The van der Waals surface area contributed by atoms with Crippen molar-refractivity contribution in [2.45, 2.75) is 6.18 Å². The molecule has 0 saturated carbocycles. The molecule has 0 aliphatic carbocycles. The topological polar surface area (TPSA) is 74.4 Å². The Morgan fingerprint density at radius 3 is 2.60 bits per heavy atom. The summed E-state index contributed by atoms with van der Waals surface area (Å²) < 4.78 is 38.0. The molecule has 0 aliphatic heterocycles. The number of nitrogens with zero attached hydrogens (tertiary/aromatic N) is 2. The summed E-state index contributed by atoms with van der Waals surface area (Å²) in [7, 11) is 0. The molecule has 2 aromatic heterocycles. The van der Waals surface area contributed by atoms with E-state index >= 15 is 0 Å². The van der Waals surface area contributed by atoms with Crippen LogP contribution in [-0.2, 0) is 6.18 Å². The van der Waals surface area contributed by atoms with Crippen LogP contribution in [0.4, 0.5) is 13.2 Å². The van der Waals surface area contributed by atoms with E-state index in [2.05, 4.69) is 20.2 Å². The van der Waals surface area contributed by atoms with Crippen LogP contribution in [0.2, 0.25) is 0 Å². The van der Waals surface area contributed by atoms with Crippen molar-refractivity contribution >= 4 is 10.9 Å². The Morgan fingerprint density at radius 2 is 1.95 bits per heavy atom. The fourth-order valence-electron chi connectivity index (χ4n) is 1.93. The van der Waals surface area contributed by atoms with E-state index in [1.165, 1.54) is 12.3 Å². The highest BCUT2D eigenvalue weighted by molar-refractivity contribution is 5.91. The maximum atomic E-state index is 12.7. The molecule has 102 valence electrons. The molecule has 8 heteroatoms. The molecule has 1 aromatic carbocycles. The van der Waals surface area contributed by atoms with Gasteiger partial charge in [-0.25, -0.2) is 4.79 Å². The van der Waals surface area contributed by atoms with E-state index < -0.39 is 17.4 Å². The average molecular weight is 280 g/mol. The number of benzene rings is 1. The lowest BCUT2D eigenvalue weighted by Gasteiger charge is -2.08. The average Bonchev–Trinajstić information content (AvgIpc) is 2.89. The minimum atomic E-state index is -4.47. The number of halogens is 3. The molecule has 3 aromatic rings. The van der Waals surface area contributed by atoms with Gasteiger partial charge in [0, 0.05) is 11.6 Å². The lowest BCUT2D eigenvalue weighted by atomic mass is 10.1. The Bertz CT molecular complexity index is 821. The second-order valence-corrected chi connectivity index (χ2v) is 4.12. The highest BCUT2D eigenvalue weighted by Gasteiger charge is 2.30. The lowest BCUT2D eigenvalue weighted by Crippen LogP contribution is -2.12. The first kappa shape index (κ1) is 12.4. The van der Waals surface area contributed by atoms with E-state index in [1.807, 2.05) is 0 Å². The van der Waals surface area contributed by atoms with Gasteiger partial charge in [-0.15, -0.1) is 0 Å². The summed E-state index contributed by atoms with van der Waals surface area (Å²) in [5.74, 6) is 0. The smallest absolute Gasteiger partial charge is 0.305 e. The summed E-state index contributed by atoms with van der Waals surface area (Å²) in [6.07, 6.45) is -3.00. The van der Waals surface area contributed by atoms with E-state index in [0.717, 1.165) is 12.1 Å². The summed E-state index contributed by atoms with van der Waals surface area (Å²) in [4.78, 5) is 17.6. The zero-order chi connectivity index (χ0) is 14.3. The Hall–Kier alpha value is -2.64. The number of hydrogen-bond acceptors (Lipinski definition) is 3. The van der Waals surface area contributed by atoms with Gasteiger partial charge < -0.3 is 4.98 Å². The third kappa shape index (κ3) is 2.04. The van der Waals surface area contributed by atoms with Gasteiger partial charge in [0.2, 0.25) is 0 Å². The van der Waals surface area contributed by atoms with Crippen LogP contribution >= 0.6 is 0 Å². The zero-order valence-corrected chi connectivity index (χ0v) is 9.82. The highest BCUT2D eigenvalue weighted by Crippen LogP contribution is 2.32. The molecule has 0 radical (unpaired) electrons. The van der Waals surface area contributed by atoms with E-state index in [0.29, 0.717) is 11.1 Å². The molecule has 0 atom stereocenters. The van der Waals surface area contributed by atoms with Crippen molar-refractivity contribution in [2.75, 3.05) is 0 Å². The van der Waals surface area contributed by atoms with Gasteiger partial charge in [0.15, 0.2) is 0 Å². The number of hydrogen-bond donors (Lipinski definition) is 2. The summed E-state index contributed by atoms with van der Waals surface area (Å²) in [6.45, 7) is 0. The van der Waals surface area contributed by atoms with Crippen LogP contribution in [-0.4, -0.2) is 20.2 Å². The van der Waals surface area contributed by atoms with E-state index in [9.17, 15) is 18.0 Å². The Balaban J connectivity index is 2.31. The first-order valence-corrected chi connectivity index (χ1v) is 5.56. The molecule has 3 rings (SSSR count). The van der Waals surface area contributed by atoms with Gasteiger partial charge >= 0.3 is 11.9 Å². The fraction of sp³-hybridized carbons (Fsp3) is 0.0833. The predicted octanol–water partition coefficient (Wildman–Crippen LogP) is 2.33. The number of nitrogens with one attached hydrogen (secondary N) is 2. The summed E-state index contributed by atoms with van der Waals surface area (Å²) in [5.41, 5.74) is -0.760. The molecule has 2 heterocycles. The van der Waals surface area contributed by atoms with Crippen LogP contribution in [0.25, 0.3) is 22.3 Å². The molecule has 0 aliphatic rings. The number of rotatable bonds is 1. The van der Waals surface area contributed by atoms with Crippen molar-refractivity contribution in [3.8, 4) is 11.4 Å². The normalized spacial score (nSPS) is 11.9. The Morgan fingerprint density at radius 1 is 1.15 bits per heavy atom. The maximum Gasteiger partial charge on any atom is 0.416 e. The second kappa shape index (κ2) is 4.19. The summed E-state index contributed by atoms with van der Waals surface area (Å²) in [6, 6.07) is 4.69. The molecule has 2 N–H and O–H groups in total. The van der Waals surface area contributed by atoms with Crippen molar-refractivity contribution in [3.63, 3.8) is 0 Å². The Kier molecular flexibility index (Phi) is 2.60. The van der Waals surface area contributed by atoms with E-state index in [-0.39, 0.29) is 11.2 Å². The number of aromatic nitrogens is 4. The van der Waals surface area contributed by atoms with Crippen molar-refractivity contribution in [2.24, 2.45) is 0 Å². The quantitative estimate of drug-likeness (QED) is 0.718. The van der Waals surface area contributed by atoms with Crippen LogP contribution in [0.15, 0.2) is 35.3 Å². The van der Waals surface area contributed by atoms with Crippen LogP contribution in [0, 0.1) is 0 Å². The van der Waals surface area contributed by atoms with Gasteiger partial charge in [0.1, 0.15) is 5.69 Å². The minimum Gasteiger partial charge on any atom is -0.305 e. The van der Waals surface area contributed by atoms with Crippen LogP contribution in [0.5, 0.6) is 0 Å². The van der Waals surface area contributed by atoms with Gasteiger partial charge in [-0.3, -0.25) is 5.10 Å². The number of aromatic amines is 2. The third-order valence-corrected chi connectivity index (χ3v) is 2.81. The van der Waals surface area contributed by atoms with E-state index in [4.69, 9.17) is 0 Å². The number of alkyl halides is 3. The molecule has 5 nitrogen and oxygen atoms in total. The Labute approximate surface area is 109 Å². The molecule has 0 fully saturated rings. The molecule has 0 spiro atoms. The first-order valence-electron chi connectivity index (χ1n) is 5.56. The highest BCUT2D eigenvalue weighted by atomic mass is 19.4. The molecule has 0 bridgehead atoms. The third-order valence-electron chi connectivity index (χ3n) is 2.81. The zero-order valence-electron chi connectivity index (χ0n) is 9.82. The predicted molar refractivity (Wildman–Crippen MR) is 64.9 cm³/mol. The molecule has 20 heavy (non-hydrogen) atoms. The largest absolute Gasteiger partial charge is 0.416 e. The molecule has 0 saturated heterocycles. The summed E-state index contributed by atoms with van der Waals surface area (Å²) >= 11 is 0. The molecular formula is C12H7F3N4O. The van der Waals surface area contributed by atoms with Crippen molar-refractivity contribution < 1.29 is 13.2 Å². The number of H-pyrrole nitrogens is 2. The standard InChI is InChI=1S/C12H7F3N4O/c13-12(14,15)6-1-2-7-9(5-6)17-11(20)18-10(7)8-3-4-16-19-8/h1-5H,(H,16,19)(H,17,18,20). The minimum absolute atomic E-state index is 0.0735. The monoisotopic (exact) mass is 280 g/mol. The van der Waals surface area contributed by atoms with E-state index in [1.54, 1.807) is 6.07 Å². The van der Waals surface area contributed by atoms with Gasteiger partial charge in [-0.2, -0.15) is 23.3 Å². The van der Waals surface area contributed by atoms with Gasteiger partial charge in [-0.1, -0.05) is 6.07 Å². The number of fused-ring (bicyclic) bond motifs is 1. The molecule has 0 amide bonds. The molecular weight excluding hydrogens is 273 g/mol. The SMILES string of the molecule is O=c1nc(-c2ccn[nH]2)c2ccc(C(F)(F)F)cc2[nH]1. The lowest BCUT2D eigenvalue weighted by molar-refractivity contribution is -0.137. The second-order valence-electron chi connectivity index (χ2n) is 4.12. The van der Waals surface area contributed by atoms with Crippen molar-refractivity contribution in [1.29, 1.82) is 0 Å². The van der Waals surface area contributed by atoms with Crippen LogP contribution in [0.1, 0.15) is 5.56 Å². The van der Waals surface area contributed by atoms with Crippen LogP contribution < -0.4 is 5.69 Å². The molecule has 0 unspecified atom stereocenters. The van der Waals surface area contributed by atoms with Gasteiger partial charge in [0.25, 0.3) is 0 Å². The maximum absolute atomic E-state index is 12.7. The van der Waals surface area contributed by atoms with Crippen LogP contribution in [0.3, 0.4) is 0 Å².